The number of nitrogens with zero attached hydrogens (tertiary/aromatic N) is 4. The molecule has 3 aromatic rings. The molecule has 12 nitrogen and oxygen atoms in total. The third-order valence-corrected chi connectivity index (χ3v) is 9.44. The van der Waals surface area contributed by atoms with Gasteiger partial charge in [0.15, 0.2) is 0 Å². The molecule has 2 aromatic carbocycles. The molecule has 1 aliphatic carbocycles. The fourth-order valence-electron chi connectivity index (χ4n) is 6.62. The summed E-state index contributed by atoms with van der Waals surface area (Å²) in [4.78, 5) is 57.1. The van der Waals surface area contributed by atoms with Gasteiger partial charge < -0.3 is 26.0 Å². The number of hydrogen-bond acceptors (Lipinski definition) is 7. The van der Waals surface area contributed by atoms with Gasteiger partial charge in [-0.15, -0.1) is 0 Å². The van der Waals surface area contributed by atoms with E-state index in [0.717, 1.165) is 43.2 Å². The average Bonchev–Trinajstić information content (AvgIpc) is 3.50. The fourth-order valence-corrected chi connectivity index (χ4v) is 6.62. The van der Waals surface area contributed by atoms with Crippen LogP contribution in [-0.2, 0) is 39.2 Å². The molecule has 1 saturated heterocycles. The molecule has 4 N–H and O–H groups in total. The van der Waals surface area contributed by atoms with Crippen molar-refractivity contribution in [3.63, 3.8) is 0 Å². The van der Waals surface area contributed by atoms with E-state index in [4.69, 9.17) is 0 Å². The summed E-state index contributed by atoms with van der Waals surface area (Å²) in [6.45, 7) is 4.71. The number of benzene rings is 2. The lowest BCUT2D eigenvalue weighted by Gasteiger charge is -2.36. The predicted molar refractivity (Wildman–Crippen MR) is 183 cm³/mol. The summed E-state index contributed by atoms with van der Waals surface area (Å²) in [6, 6.07) is 15.5. The fraction of sp³-hybridized carbons (Fsp3) is 0.472. The number of hydrogen-bond donors (Lipinski definition) is 4. The number of amides is 4. The van der Waals surface area contributed by atoms with Crippen LogP contribution in [0.4, 0.5) is 11.5 Å². The maximum Gasteiger partial charge on any atom is 0.245 e. The number of piperazine rings is 1. The normalized spacial score (nSPS) is 16.9. The maximum absolute atomic E-state index is 13.7. The summed E-state index contributed by atoms with van der Waals surface area (Å²) >= 11 is 0. The Morgan fingerprint density at radius 2 is 1.58 bits per heavy atom. The molecule has 0 radical (unpaired) electrons. The SMILES string of the molecule is CCC(=O)N[C@H](Cc1ccc(NC(=O)[C@@H](C(=O)Nc2ccnn2C)C2CCCCC2)cc1)C(=O)N1CCN(Cc2ccccc2O)CC1. The molecule has 0 unspecified atom stereocenters. The predicted octanol–water partition coefficient (Wildman–Crippen LogP) is 3.68. The molecule has 4 amide bonds. The lowest BCUT2D eigenvalue weighted by atomic mass is 9.79. The third-order valence-electron chi connectivity index (χ3n) is 9.44. The van der Waals surface area contributed by atoms with E-state index in [1.54, 1.807) is 60.1 Å². The molecule has 2 aliphatic rings. The Balaban J connectivity index is 1.21. The molecule has 48 heavy (non-hydrogen) atoms. The Morgan fingerprint density at radius 1 is 0.896 bits per heavy atom. The summed E-state index contributed by atoms with van der Waals surface area (Å²) in [5.41, 5.74) is 2.24. The van der Waals surface area contributed by atoms with Crippen molar-refractivity contribution in [2.75, 3.05) is 36.8 Å². The first kappa shape index (κ1) is 34.6. The van der Waals surface area contributed by atoms with Gasteiger partial charge in [0, 0.05) is 69.9 Å². The summed E-state index contributed by atoms with van der Waals surface area (Å²) in [7, 11) is 1.74. The van der Waals surface area contributed by atoms with Crippen molar-refractivity contribution in [2.45, 2.75) is 64.5 Å². The van der Waals surface area contributed by atoms with Gasteiger partial charge in [0.25, 0.3) is 0 Å². The van der Waals surface area contributed by atoms with Gasteiger partial charge in [0.1, 0.15) is 23.5 Å². The number of phenols is 1. The number of anilines is 2. The summed E-state index contributed by atoms with van der Waals surface area (Å²) < 4.78 is 1.56. The van der Waals surface area contributed by atoms with E-state index in [1.807, 2.05) is 24.3 Å². The molecule has 12 heteroatoms. The van der Waals surface area contributed by atoms with E-state index in [-0.39, 0.29) is 41.7 Å². The number of aromatic nitrogens is 2. The van der Waals surface area contributed by atoms with E-state index in [0.29, 0.717) is 50.6 Å². The minimum atomic E-state index is -0.843. The van der Waals surface area contributed by atoms with Crippen LogP contribution in [-0.4, -0.2) is 80.5 Å². The van der Waals surface area contributed by atoms with E-state index in [2.05, 4.69) is 25.9 Å². The van der Waals surface area contributed by atoms with Crippen LogP contribution in [0.5, 0.6) is 5.75 Å². The Bertz CT molecular complexity index is 1560. The number of phenolic OH excluding ortho intramolecular Hbond substituents is 1. The number of para-hydroxylation sites is 1. The molecule has 2 atom stereocenters. The number of carbonyl (C=O) groups excluding carboxylic acids is 4. The Morgan fingerprint density at radius 3 is 2.23 bits per heavy atom. The van der Waals surface area contributed by atoms with Crippen molar-refractivity contribution >= 4 is 35.1 Å². The number of carbonyl (C=O) groups is 4. The molecule has 1 aromatic heterocycles. The first-order chi connectivity index (χ1) is 23.2. The highest BCUT2D eigenvalue weighted by Crippen LogP contribution is 2.32. The summed E-state index contributed by atoms with van der Waals surface area (Å²) in [5.74, 6) is -1.12. The van der Waals surface area contributed by atoms with Crippen molar-refractivity contribution in [2.24, 2.45) is 18.9 Å². The molecule has 0 bridgehead atoms. The van der Waals surface area contributed by atoms with Crippen LogP contribution in [0.25, 0.3) is 0 Å². The van der Waals surface area contributed by atoms with Crippen molar-refractivity contribution in [1.82, 2.24) is 24.9 Å². The quantitative estimate of drug-likeness (QED) is 0.217. The molecule has 256 valence electrons. The Kier molecular flexibility index (Phi) is 11.8. The highest BCUT2D eigenvalue weighted by molar-refractivity contribution is 6.10. The van der Waals surface area contributed by atoms with Gasteiger partial charge in [0.2, 0.25) is 23.6 Å². The van der Waals surface area contributed by atoms with E-state index >= 15 is 0 Å². The second-order valence-corrected chi connectivity index (χ2v) is 12.8. The molecular weight excluding hydrogens is 610 g/mol. The second-order valence-electron chi connectivity index (χ2n) is 12.8. The second kappa shape index (κ2) is 16.4. The highest BCUT2D eigenvalue weighted by atomic mass is 16.3. The van der Waals surface area contributed by atoms with Gasteiger partial charge in [-0.25, -0.2) is 0 Å². The molecule has 5 rings (SSSR count). The molecule has 1 saturated carbocycles. The molecule has 2 heterocycles. The van der Waals surface area contributed by atoms with Gasteiger partial charge in [-0.1, -0.05) is 56.5 Å². The zero-order valence-electron chi connectivity index (χ0n) is 27.9. The smallest absolute Gasteiger partial charge is 0.245 e. The zero-order chi connectivity index (χ0) is 34.0. The minimum absolute atomic E-state index is 0.0486. The van der Waals surface area contributed by atoms with Crippen LogP contribution in [0.3, 0.4) is 0 Å². The lowest BCUT2D eigenvalue weighted by molar-refractivity contribution is -0.138. The average molecular weight is 658 g/mol. The van der Waals surface area contributed by atoms with Gasteiger partial charge in [0.05, 0.1) is 6.20 Å². The first-order valence-electron chi connectivity index (χ1n) is 17.0. The van der Waals surface area contributed by atoms with Crippen LogP contribution >= 0.6 is 0 Å². The highest BCUT2D eigenvalue weighted by Gasteiger charge is 2.36. The van der Waals surface area contributed by atoms with Gasteiger partial charge in [-0.05, 0) is 42.5 Å². The molecule has 1 aliphatic heterocycles. The number of rotatable bonds is 12. The van der Waals surface area contributed by atoms with Crippen LogP contribution in [0.2, 0.25) is 0 Å². The van der Waals surface area contributed by atoms with Crippen LogP contribution in [0.1, 0.15) is 56.6 Å². The zero-order valence-corrected chi connectivity index (χ0v) is 27.9. The van der Waals surface area contributed by atoms with Gasteiger partial charge in [-0.2, -0.15) is 5.10 Å². The van der Waals surface area contributed by atoms with Crippen molar-refractivity contribution in [3.05, 3.63) is 71.9 Å². The van der Waals surface area contributed by atoms with Crippen molar-refractivity contribution in [1.29, 1.82) is 0 Å². The van der Waals surface area contributed by atoms with Crippen molar-refractivity contribution < 1.29 is 24.3 Å². The van der Waals surface area contributed by atoms with E-state index in [1.165, 1.54) is 0 Å². The van der Waals surface area contributed by atoms with Crippen LogP contribution < -0.4 is 16.0 Å². The third kappa shape index (κ3) is 9.00. The van der Waals surface area contributed by atoms with Gasteiger partial charge in [-0.3, -0.25) is 28.8 Å². The minimum Gasteiger partial charge on any atom is -0.508 e. The topological polar surface area (TPSA) is 149 Å². The number of aryl methyl sites for hydroxylation is 1. The maximum atomic E-state index is 13.7. The summed E-state index contributed by atoms with van der Waals surface area (Å²) in [5, 5.41) is 23.0. The van der Waals surface area contributed by atoms with E-state index < -0.39 is 12.0 Å². The first-order valence-corrected chi connectivity index (χ1v) is 17.0. The van der Waals surface area contributed by atoms with Gasteiger partial charge >= 0.3 is 0 Å². The standard InChI is InChI=1S/C36H47N7O5/c1-3-32(45)39-29(36(48)43-21-19-42(20-22-43)24-27-11-7-8-12-30(27)44)23-25-13-15-28(16-14-25)38-34(46)33(26-9-5-4-6-10-26)35(47)40-31-17-18-37-41(31)2/h7-8,11-18,26,29,33,44H,3-6,9-10,19-24H2,1-2H3,(H,38,46)(H,39,45)(H,40,47)/t29-,33+/m1/s1. The Hall–Kier alpha value is -4.71. The summed E-state index contributed by atoms with van der Waals surface area (Å²) in [6.07, 6.45) is 6.89. The van der Waals surface area contributed by atoms with Crippen LogP contribution in [0.15, 0.2) is 60.8 Å². The van der Waals surface area contributed by atoms with E-state index in [9.17, 15) is 24.3 Å². The lowest BCUT2D eigenvalue weighted by Crippen LogP contribution is -2.55. The van der Waals surface area contributed by atoms with Crippen molar-refractivity contribution in [3.8, 4) is 5.75 Å². The van der Waals surface area contributed by atoms with Crippen LogP contribution in [0, 0.1) is 11.8 Å². The Labute approximate surface area is 281 Å². The number of nitrogens with one attached hydrogen (secondary N) is 3. The molecule has 2 fully saturated rings. The molecular formula is C36H47N7O5. The number of aromatic hydroxyl groups is 1. The molecule has 0 spiro atoms. The monoisotopic (exact) mass is 657 g/mol. The largest absolute Gasteiger partial charge is 0.508 e.